The Hall–Kier alpha value is -3.76. The molecule has 1 saturated carbocycles. The zero-order valence-corrected chi connectivity index (χ0v) is 43.8. The number of cyclic esters (lactones) is 1. The Morgan fingerprint density at radius 1 is 0.857 bits per heavy atom. The highest BCUT2D eigenvalue weighted by Gasteiger charge is 2.53. The second-order valence-electron chi connectivity index (χ2n) is 20.8. The smallest absolute Gasteiger partial charge is 0.329 e. The number of methoxy groups -OCH3 is 2. The number of allylic oxidation sites excluding steroid dienone is 6. The average Bonchev–Trinajstić information content (AvgIpc) is 3.34. The first-order valence-corrected chi connectivity index (χ1v) is 26.5. The predicted octanol–water partition coefficient (Wildman–Crippen LogP) is 8.33. The van der Waals surface area contributed by atoms with Gasteiger partial charge in [0.2, 0.25) is 5.79 Å². The molecule has 1 amide bonds. The van der Waals surface area contributed by atoms with Crippen molar-refractivity contribution in [2.45, 2.75) is 184 Å². The molecule has 3 aliphatic heterocycles. The van der Waals surface area contributed by atoms with Gasteiger partial charge in [-0.15, -0.1) is 11.8 Å². The van der Waals surface area contributed by atoms with E-state index < -0.39 is 77.8 Å². The normalized spacial score (nSPS) is 38.3. The number of fused-ring (bicyclic) bond motifs is 3. The Morgan fingerprint density at radius 2 is 1.59 bits per heavy atom. The Morgan fingerprint density at radius 3 is 2.29 bits per heavy atom. The molecule has 5 rings (SSSR count). The van der Waals surface area contributed by atoms with Gasteiger partial charge < -0.3 is 39.2 Å². The molecule has 3 heterocycles. The summed E-state index contributed by atoms with van der Waals surface area (Å²) in [7, 11) is 2.96. The number of piperidine rings is 1. The van der Waals surface area contributed by atoms with E-state index in [0.717, 1.165) is 16.9 Å². The zero-order chi connectivity index (χ0) is 51.3. The lowest BCUT2D eigenvalue weighted by atomic mass is 9.78. The maximum Gasteiger partial charge on any atom is 0.329 e. The van der Waals surface area contributed by atoms with E-state index in [1.54, 1.807) is 45.7 Å². The van der Waals surface area contributed by atoms with Crippen molar-refractivity contribution in [3.8, 4) is 0 Å². The molecule has 14 heteroatoms. The number of carbonyl (C=O) groups is 5. The number of ether oxygens (including phenoxy) is 4. The van der Waals surface area contributed by atoms with E-state index in [-0.39, 0.29) is 60.1 Å². The van der Waals surface area contributed by atoms with Gasteiger partial charge in [-0.05, 0) is 120 Å². The van der Waals surface area contributed by atoms with Gasteiger partial charge in [-0.3, -0.25) is 19.2 Å². The maximum absolute atomic E-state index is 14.5. The summed E-state index contributed by atoms with van der Waals surface area (Å²) in [6.07, 6.45) is 12.2. The number of thioether (sulfide) groups is 1. The molecule has 70 heavy (non-hydrogen) atoms. The van der Waals surface area contributed by atoms with Crippen molar-refractivity contribution in [2.24, 2.45) is 35.5 Å². The second kappa shape index (κ2) is 26.8. The van der Waals surface area contributed by atoms with Gasteiger partial charge in [0.15, 0.2) is 5.78 Å². The number of amides is 1. The number of nitrogens with zero attached hydrogens (tertiary/aromatic N) is 1. The topological polar surface area (TPSA) is 186 Å². The molecular weight excluding hydrogens is 911 g/mol. The first kappa shape index (κ1) is 57.1. The van der Waals surface area contributed by atoms with Gasteiger partial charge in [0.05, 0.1) is 18.3 Å². The summed E-state index contributed by atoms with van der Waals surface area (Å²) in [6, 6.07) is 8.81. The maximum atomic E-state index is 14.5. The fourth-order valence-corrected chi connectivity index (χ4v) is 11.9. The minimum Gasteiger partial charge on any atom is -0.460 e. The van der Waals surface area contributed by atoms with Crippen LogP contribution in [0.15, 0.2) is 82.8 Å². The molecular formula is C56H81NO12S. The zero-order valence-electron chi connectivity index (χ0n) is 43.0. The SMILES string of the molecule is CO[C@@H]1C[C@H](C[C@@H](C)[C@@H]2CC(=O)[C@H](C)/C=C(\C)[C@@H](O)[C@@H](OC)C(=O)[C@H](C)C[C@H](C)/C=C/C=C/C=C(\C)[C@H](Sc3ccccc3)C[C@@H]3CC[C@@H](C)[C@@](O)(O3)C(=O)C(=O)N3CCCC[C@H]3C(=O)O2)CC[C@H]1O. The Kier molecular flexibility index (Phi) is 21.9. The van der Waals surface area contributed by atoms with Crippen molar-refractivity contribution < 1.29 is 58.2 Å². The minimum absolute atomic E-state index is 0.0190. The van der Waals surface area contributed by atoms with Crippen molar-refractivity contribution in [1.29, 1.82) is 0 Å². The summed E-state index contributed by atoms with van der Waals surface area (Å²) in [4.78, 5) is 73.6. The number of Topliss-reactive ketones (excluding diaryl/α,β-unsaturated/α-hetero) is 3. The number of hydrogen-bond acceptors (Lipinski definition) is 13. The van der Waals surface area contributed by atoms with Crippen LogP contribution in [-0.4, -0.2) is 124 Å². The van der Waals surface area contributed by atoms with Crippen molar-refractivity contribution in [2.75, 3.05) is 20.8 Å². The van der Waals surface area contributed by atoms with E-state index in [2.05, 4.69) is 0 Å². The molecule has 0 unspecified atom stereocenters. The minimum atomic E-state index is -2.42. The van der Waals surface area contributed by atoms with Gasteiger partial charge in [-0.2, -0.15) is 0 Å². The average molecular weight is 992 g/mol. The number of rotatable bonds is 7. The lowest BCUT2D eigenvalue weighted by Gasteiger charge is -2.43. The van der Waals surface area contributed by atoms with Crippen molar-refractivity contribution in [3.05, 3.63) is 77.9 Å². The Balaban J connectivity index is 1.49. The van der Waals surface area contributed by atoms with Crippen LogP contribution in [0, 0.1) is 35.5 Å². The summed E-state index contributed by atoms with van der Waals surface area (Å²) in [5.41, 5.74) is 1.42. The van der Waals surface area contributed by atoms with Gasteiger partial charge in [0, 0.05) is 55.1 Å². The van der Waals surface area contributed by atoms with Crippen LogP contribution in [0.1, 0.15) is 126 Å². The van der Waals surface area contributed by atoms with Crippen LogP contribution >= 0.6 is 11.8 Å². The van der Waals surface area contributed by atoms with Crippen LogP contribution in [0.3, 0.4) is 0 Å². The number of aliphatic hydroxyl groups is 3. The third-order valence-corrected chi connectivity index (χ3v) is 16.6. The number of carbonyl (C=O) groups excluding carboxylic acids is 5. The van der Waals surface area contributed by atoms with E-state index >= 15 is 0 Å². The number of ketones is 3. The van der Waals surface area contributed by atoms with E-state index in [9.17, 15) is 39.3 Å². The van der Waals surface area contributed by atoms with Gasteiger partial charge in [0.1, 0.15) is 30.1 Å². The number of aliphatic hydroxyl groups excluding tert-OH is 2. The summed E-state index contributed by atoms with van der Waals surface area (Å²) in [5, 5.41) is 34.1. The largest absolute Gasteiger partial charge is 0.460 e. The molecule has 3 fully saturated rings. The fourth-order valence-electron chi connectivity index (χ4n) is 10.6. The van der Waals surface area contributed by atoms with Gasteiger partial charge in [0.25, 0.3) is 11.7 Å². The highest BCUT2D eigenvalue weighted by atomic mass is 32.2. The molecule has 388 valence electrons. The quantitative estimate of drug-likeness (QED) is 0.135. The number of benzene rings is 1. The van der Waals surface area contributed by atoms with Crippen LogP contribution in [0.5, 0.6) is 0 Å². The Bertz CT molecular complexity index is 2050. The number of hydrogen-bond donors (Lipinski definition) is 3. The van der Waals surface area contributed by atoms with E-state index in [1.807, 2.05) is 88.4 Å². The van der Waals surface area contributed by atoms with Gasteiger partial charge in [-0.25, -0.2) is 4.79 Å². The first-order valence-electron chi connectivity index (χ1n) is 25.6. The molecule has 0 spiro atoms. The van der Waals surface area contributed by atoms with Crippen molar-refractivity contribution >= 4 is 41.0 Å². The summed E-state index contributed by atoms with van der Waals surface area (Å²) in [5.74, 6) is -7.91. The molecule has 0 aromatic heterocycles. The highest BCUT2D eigenvalue weighted by molar-refractivity contribution is 8.00. The predicted molar refractivity (Wildman–Crippen MR) is 270 cm³/mol. The molecule has 1 aromatic rings. The van der Waals surface area contributed by atoms with Crippen LogP contribution in [-0.2, 0) is 42.9 Å². The number of esters is 1. The standard InChI is InChI=1S/C56H81NO12S/c1-34-18-12-10-13-19-35(2)49(70-43-20-14-11-15-21-43)32-42-25-23-40(7)56(65,69-42)53(62)54(63)57-27-17-16-22-44(57)55(64)68-47(37(4)30-41-24-26-45(58)48(31-41)66-8)33-46(59)36(3)29-39(6)51(61)52(67-9)50(60)38(5)28-34/h10-15,18-21,29,34,36-38,40-42,44-45,47-49,51-52,58,61,65H,16-17,22-28,30-33H2,1-9H3/b13-10+,18-12+,35-19+,39-29+/t34-,36-,37-,38-,40-,41+,42+,44+,45-,47+,48-,49-,51-,52+,56-/m1/s1. The van der Waals surface area contributed by atoms with Crippen molar-refractivity contribution in [3.63, 3.8) is 0 Å². The fraction of sp³-hybridized carbons (Fsp3) is 0.661. The molecule has 2 saturated heterocycles. The molecule has 2 bridgehead atoms. The molecule has 4 aliphatic rings. The van der Waals surface area contributed by atoms with E-state index in [0.29, 0.717) is 63.4 Å². The second-order valence-corrected chi connectivity index (χ2v) is 22.1. The first-order chi connectivity index (χ1) is 33.3. The summed E-state index contributed by atoms with van der Waals surface area (Å²) >= 11 is 1.65. The highest BCUT2D eigenvalue weighted by Crippen LogP contribution is 2.40. The van der Waals surface area contributed by atoms with E-state index in [4.69, 9.17) is 18.9 Å². The summed E-state index contributed by atoms with van der Waals surface area (Å²) < 4.78 is 23.9. The Labute approximate surface area is 420 Å². The van der Waals surface area contributed by atoms with Crippen LogP contribution in [0.2, 0.25) is 0 Å². The lowest BCUT2D eigenvalue weighted by Crippen LogP contribution is -2.60. The van der Waals surface area contributed by atoms with E-state index in [1.165, 1.54) is 12.0 Å². The van der Waals surface area contributed by atoms with Gasteiger partial charge in [-0.1, -0.05) is 94.8 Å². The molecule has 13 nitrogen and oxygen atoms in total. The summed E-state index contributed by atoms with van der Waals surface area (Å²) in [6.45, 7) is 12.9. The lowest BCUT2D eigenvalue weighted by molar-refractivity contribution is -0.263. The molecule has 1 aliphatic carbocycles. The van der Waals surface area contributed by atoms with Crippen molar-refractivity contribution in [1.82, 2.24) is 4.90 Å². The molecule has 3 N–H and O–H groups in total. The van der Waals surface area contributed by atoms with Crippen LogP contribution < -0.4 is 0 Å². The third-order valence-electron chi connectivity index (χ3n) is 15.2. The van der Waals surface area contributed by atoms with Gasteiger partial charge >= 0.3 is 5.97 Å². The molecule has 15 atom stereocenters. The monoisotopic (exact) mass is 992 g/mol. The molecule has 0 radical (unpaired) electrons. The third kappa shape index (κ3) is 15.1. The van der Waals surface area contributed by atoms with Crippen LogP contribution in [0.4, 0.5) is 0 Å². The molecule has 1 aromatic carbocycles. The van der Waals surface area contributed by atoms with Crippen LogP contribution in [0.25, 0.3) is 0 Å².